The van der Waals surface area contributed by atoms with E-state index < -0.39 is 12.3 Å². The minimum Gasteiger partial charge on any atom is -0.485 e. The number of hydrogen-bond donors (Lipinski definition) is 2. The van der Waals surface area contributed by atoms with Crippen molar-refractivity contribution in [3.63, 3.8) is 0 Å². The first kappa shape index (κ1) is 17.7. The molecule has 0 bridgehead atoms. The Morgan fingerprint density at radius 2 is 2.19 bits per heavy atom. The Bertz CT molecular complexity index is 962. The summed E-state index contributed by atoms with van der Waals surface area (Å²) in [5, 5.41) is 13.1. The SMILES string of the molecule is Cc1cc(Cl)cc(-c2ccnc3cc(CO)sc23)c1O[C@@H]1CNC[C@@H]1F. The second kappa shape index (κ2) is 7.12. The van der Waals surface area contributed by atoms with E-state index in [0.717, 1.165) is 31.8 Å². The van der Waals surface area contributed by atoms with Crippen LogP contribution in [0.15, 0.2) is 30.5 Å². The normalized spacial score (nSPS) is 20.0. The van der Waals surface area contributed by atoms with Crippen molar-refractivity contribution < 1.29 is 14.2 Å². The molecule has 136 valence electrons. The van der Waals surface area contributed by atoms with Crippen LogP contribution in [0, 0.1) is 6.92 Å². The van der Waals surface area contributed by atoms with Crippen LogP contribution in [0.3, 0.4) is 0 Å². The summed E-state index contributed by atoms with van der Waals surface area (Å²) in [4.78, 5) is 5.22. The lowest BCUT2D eigenvalue weighted by Crippen LogP contribution is -2.27. The smallest absolute Gasteiger partial charge is 0.150 e. The molecule has 0 saturated carbocycles. The number of fused-ring (bicyclic) bond motifs is 1. The highest BCUT2D eigenvalue weighted by Gasteiger charge is 2.30. The molecule has 2 atom stereocenters. The summed E-state index contributed by atoms with van der Waals surface area (Å²) in [7, 11) is 0. The van der Waals surface area contributed by atoms with Gasteiger partial charge in [0.15, 0.2) is 6.17 Å². The minimum atomic E-state index is -1.04. The van der Waals surface area contributed by atoms with Gasteiger partial charge in [-0.25, -0.2) is 4.39 Å². The molecule has 2 aromatic heterocycles. The molecule has 1 aliphatic rings. The fraction of sp³-hybridized carbons (Fsp3) is 0.316. The van der Waals surface area contributed by atoms with Gasteiger partial charge in [-0.05, 0) is 36.8 Å². The number of aryl methyl sites for hydroxylation is 1. The summed E-state index contributed by atoms with van der Waals surface area (Å²) in [5.41, 5.74) is 3.40. The Morgan fingerprint density at radius 1 is 1.35 bits per heavy atom. The maximum atomic E-state index is 14.1. The topological polar surface area (TPSA) is 54.4 Å². The average molecular weight is 393 g/mol. The van der Waals surface area contributed by atoms with Crippen molar-refractivity contribution in [2.24, 2.45) is 0 Å². The van der Waals surface area contributed by atoms with Crippen LogP contribution in [0.5, 0.6) is 5.75 Å². The molecule has 3 heterocycles. The fourth-order valence-electron chi connectivity index (χ4n) is 3.25. The van der Waals surface area contributed by atoms with E-state index in [1.807, 2.05) is 31.2 Å². The molecule has 26 heavy (non-hydrogen) atoms. The summed E-state index contributed by atoms with van der Waals surface area (Å²) >= 11 is 7.79. The number of alkyl halides is 1. The Hall–Kier alpha value is -1.73. The van der Waals surface area contributed by atoms with E-state index in [-0.39, 0.29) is 6.61 Å². The van der Waals surface area contributed by atoms with Crippen molar-refractivity contribution in [1.82, 2.24) is 10.3 Å². The Balaban J connectivity index is 1.87. The average Bonchev–Trinajstić information content (AvgIpc) is 3.22. The monoisotopic (exact) mass is 392 g/mol. The molecular weight excluding hydrogens is 375 g/mol. The first-order valence-corrected chi connectivity index (χ1v) is 9.56. The van der Waals surface area contributed by atoms with Gasteiger partial charge in [0, 0.05) is 40.3 Å². The van der Waals surface area contributed by atoms with Gasteiger partial charge in [-0.15, -0.1) is 11.3 Å². The van der Waals surface area contributed by atoms with E-state index >= 15 is 0 Å². The van der Waals surface area contributed by atoms with Crippen molar-refractivity contribution in [2.45, 2.75) is 25.8 Å². The molecule has 0 radical (unpaired) electrons. The van der Waals surface area contributed by atoms with Crippen molar-refractivity contribution in [1.29, 1.82) is 0 Å². The molecule has 1 saturated heterocycles. The third-order valence-corrected chi connectivity index (χ3v) is 5.87. The zero-order valence-corrected chi connectivity index (χ0v) is 15.7. The van der Waals surface area contributed by atoms with Gasteiger partial charge in [0.25, 0.3) is 0 Å². The molecule has 0 spiro atoms. The standard InChI is InChI=1S/C19H18ClFN2O2S/c1-10-4-11(20)5-14(18(10)25-17-8-22-7-15(17)21)13-2-3-23-16-6-12(9-24)26-19(13)16/h2-6,15,17,22,24H,7-9H2,1H3/t15-,17+/m0/s1. The highest BCUT2D eigenvalue weighted by atomic mass is 35.5. The van der Waals surface area contributed by atoms with E-state index in [9.17, 15) is 9.50 Å². The summed E-state index contributed by atoms with van der Waals surface area (Å²) in [6.07, 6.45) is 0.154. The van der Waals surface area contributed by atoms with Gasteiger partial charge in [-0.3, -0.25) is 4.98 Å². The van der Waals surface area contributed by atoms with Crippen LogP contribution < -0.4 is 10.1 Å². The number of aromatic nitrogens is 1. The zero-order valence-electron chi connectivity index (χ0n) is 14.1. The number of ether oxygens (including phenoxy) is 1. The van der Waals surface area contributed by atoms with Gasteiger partial charge in [-0.2, -0.15) is 0 Å². The van der Waals surface area contributed by atoms with Crippen LogP contribution in [0.4, 0.5) is 4.39 Å². The van der Waals surface area contributed by atoms with Crippen LogP contribution in [-0.2, 0) is 6.61 Å². The molecule has 1 fully saturated rings. The van der Waals surface area contributed by atoms with E-state index in [4.69, 9.17) is 16.3 Å². The lowest BCUT2D eigenvalue weighted by molar-refractivity contribution is 0.140. The predicted molar refractivity (Wildman–Crippen MR) is 103 cm³/mol. The maximum Gasteiger partial charge on any atom is 0.150 e. The summed E-state index contributed by atoms with van der Waals surface area (Å²) in [6.45, 7) is 2.65. The number of thiophene rings is 1. The van der Waals surface area contributed by atoms with Crippen molar-refractivity contribution in [3.8, 4) is 16.9 Å². The van der Waals surface area contributed by atoms with Gasteiger partial charge in [0.05, 0.1) is 16.8 Å². The number of halogens is 2. The van der Waals surface area contributed by atoms with Crippen LogP contribution in [0.2, 0.25) is 5.02 Å². The number of aliphatic hydroxyl groups excluding tert-OH is 1. The van der Waals surface area contributed by atoms with Crippen molar-refractivity contribution in [2.75, 3.05) is 13.1 Å². The minimum absolute atomic E-state index is 0.0321. The first-order valence-electron chi connectivity index (χ1n) is 8.37. The summed E-state index contributed by atoms with van der Waals surface area (Å²) in [6, 6.07) is 7.44. The van der Waals surface area contributed by atoms with Crippen LogP contribution in [0.25, 0.3) is 21.3 Å². The molecule has 0 aliphatic carbocycles. The quantitative estimate of drug-likeness (QED) is 0.701. The molecule has 1 aliphatic heterocycles. The van der Waals surface area contributed by atoms with Gasteiger partial charge in [0.2, 0.25) is 0 Å². The molecule has 0 unspecified atom stereocenters. The second-order valence-corrected chi connectivity index (χ2v) is 7.95. The Kier molecular flexibility index (Phi) is 4.84. The number of aliphatic hydroxyl groups is 1. The third kappa shape index (κ3) is 3.18. The molecule has 4 nitrogen and oxygen atoms in total. The molecule has 2 N–H and O–H groups in total. The Labute approximate surface area is 159 Å². The zero-order chi connectivity index (χ0) is 18.3. The van der Waals surface area contributed by atoms with Gasteiger partial charge in [0.1, 0.15) is 11.9 Å². The van der Waals surface area contributed by atoms with Gasteiger partial charge < -0.3 is 15.2 Å². The number of pyridine rings is 1. The highest BCUT2D eigenvalue weighted by molar-refractivity contribution is 7.19. The number of benzene rings is 1. The van der Waals surface area contributed by atoms with Crippen LogP contribution in [0.1, 0.15) is 10.4 Å². The van der Waals surface area contributed by atoms with E-state index in [1.54, 1.807) is 6.20 Å². The van der Waals surface area contributed by atoms with Crippen LogP contribution >= 0.6 is 22.9 Å². The lowest BCUT2D eigenvalue weighted by atomic mass is 10.0. The summed E-state index contributed by atoms with van der Waals surface area (Å²) < 4.78 is 21.1. The third-order valence-electron chi connectivity index (χ3n) is 4.51. The van der Waals surface area contributed by atoms with E-state index in [0.29, 0.717) is 23.9 Å². The number of hydrogen-bond acceptors (Lipinski definition) is 5. The molecule has 3 aromatic rings. The van der Waals surface area contributed by atoms with Crippen molar-refractivity contribution in [3.05, 3.63) is 45.9 Å². The predicted octanol–water partition coefficient (Wildman–Crippen LogP) is 4.11. The van der Waals surface area contributed by atoms with Crippen LogP contribution in [-0.4, -0.2) is 35.5 Å². The van der Waals surface area contributed by atoms with Gasteiger partial charge in [-0.1, -0.05) is 11.6 Å². The van der Waals surface area contributed by atoms with E-state index in [2.05, 4.69) is 10.3 Å². The summed E-state index contributed by atoms with van der Waals surface area (Å²) in [5.74, 6) is 0.636. The molecule has 0 amide bonds. The fourth-order valence-corrected chi connectivity index (χ4v) is 4.53. The number of nitrogens with zero attached hydrogens (tertiary/aromatic N) is 1. The van der Waals surface area contributed by atoms with E-state index in [1.165, 1.54) is 11.3 Å². The highest BCUT2D eigenvalue weighted by Crippen LogP contribution is 2.42. The van der Waals surface area contributed by atoms with Gasteiger partial charge >= 0.3 is 0 Å². The Morgan fingerprint density at radius 3 is 2.92 bits per heavy atom. The molecule has 7 heteroatoms. The second-order valence-electron chi connectivity index (χ2n) is 6.37. The number of nitrogens with one attached hydrogen (secondary N) is 1. The first-order chi connectivity index (χ1) is 12.6. The molecule has 1 aromatic carbocycles. The largest absolute Gasteiger partial charge is 0.485 e. The molecule has 4 rings (SSSR count). The molecular formula is C19H18ClFN2O2S. The number of rotatable bonds is 4. The van der Waals surface area contributed by atoms with Crippen molar-refractivity contribution >= 4 is 33.2 Å². The lowest BCUT2D eigenvalue weighted by Gasteiger charge is -2.20. The maximum absolute atomic E-state index is 14.1.